The maximum Gasteiger partial charge on any atom is 0.141 e. The van der Waals surface area contributed by atoms with Crippen molar-refractivity contribution in [2.75, 3.05) is 40.4 Å². The number of rotatable bonds is 6. The molecule has 3 aliphatic heterocycles. The molecular weight excluding hydrogens is 336 g/mol. The van der Waals surface area contributed by atoms with E-state index in [0.29, 0.717) is 10.8 Å². The fourth-order valence-electron chi connectivity index (χ4n) is 4.55. The molecule has 0 spiro atoms. The smallest absolute Gasteiger partial charge is 0.141 e. The number of piperidine rings is 1. The van der Waals surface area contributed by atoms with Crippen LogP contribution in [0.4, 0.5) is 0 Å². The van der Waals surface area contributed by atoms with Gasteiger partial charge in [-0.25, -0.2) is 0 Å². The Labute approximate surface area is 156 Å². The van der Waals surface area contributed by atoms with E-state index in [2.05, 4.69) is 9.80 Å². The third-order valence-electron chi connectivity index (χ3n) is 6.04. The highest BCUT2D eigenvalue weighted by Gasteiger charge is 2.37. The molecule has 1 aromatic carbocycles. The molecule has 4 fully saturated rings. The average Bonchev–Trinajstić information content (AvgIpc) is 3.43. The fraction of sp³-hybridized carbons (Fsp3) is 0.700. The molecule has 1 saturated carbocycles. The Kier molecular flexibility index (Phi) is 5.12. The number of nitrogens with zero attached hydrogens (tertiary/aromatic N) is 2. The van der Waals surface area contributed by atoms with Gasteiger partial charge in [0.1, 0.15) is 11.5 Å². The molecule has 3 saturated heterocycles. The van der Waals surface area contributed by atoms with Gasteiger partial charge in [0.25, 0.3) is 0 Å². The number of hydrogen-bond donors (Lipinski definition) is 0. The highest BCUT2D eigenvalue weighted by atomic mass is 35.5. The summed E-state index contributed by atoms with van der Waals surface area (Å²) in [5.41, 5.74) is 1.16. The van der Waals surface area contributed by atoms with Gasteiger partial charge in [-0.1, -0.05) is 11.6 Å². The van der Waals surface area contributed by atoms with E-state index in [0.717, 1.165) is 42.3 Å². The Morgan fingerprint density at radius 3 is 2.52 bits per heavy atom. The molecule has 1 aromatic rings. The first-order valence-electron chi connectivity index (χ1n) is 9.53. The molecule has 0 radical (unpaired) electrons. The number of fused-ring (bicyclic) bond motifs is 4. The number of hydrogen-bond acceptors (Lipinski definition) is 4. The zero-order valence-corrected chi connectivity index (χ0v) is 16.1. The lowest BCUT2D eigenvalue weighted by Crippen LogP contribution is -2.44. The molecule has 3 heterocycles. The molecule has 2 atom stereocenters. The van der Waals surface area contributed by atoms with Gasteiger partial charge in [0.15, 0.2) is 0 Å². The Morgan fingerprint density at radius 1 is 1.00 bits per heavy atom. The van der Waals surface area contributed by atoms with Crippen LogP contribution in [0.3, 0.4) is 0 Å². The van der Waals surface area contributed by atoms with Crippen LogP contribution in [0, 0.1) is 11.8 Å². The molecule has 0 amide bonds. The lowest BCUT2D eigenvalue weighted by atomic mass is 9.95. The van der Waals surface area contributed by atoms with Crippen molar-refractivity contribution in [3.8, 4) is 11.5 Å². The van der Waals surface area contributed by atoms with Gasteiger partial charge in [0, 0.05) is 50.4 Å². The number of halogens is 1. The minimum Gasteiger partial charge on any atom is -0.496 e. The maximum absolute atomic E-state index is 6.36. The summed E-state index contributed by atoms with van der Waals surface area (Å²) < 4.78 is 10.9. The van der Waals surface area contributed by atoms with Crippen molar-refractivity contribution in [2.45, 2.75) is 38.3 Å². The molecule has 4 nitrogen and oxygen atoms in total. The standard InChI is InChI=1S/C20H29ClN2O2/c1-24-19-8-20(25-2)18(21)7-16(19)12-22-9-15-5-6-17(13-22)23(11-15)10-14-3-4-14/h7-8,14-15,17H,3-6,9-13H2,1-2H3/t15-,17+/m0/s1. The third kappa shape index (κ3) is 3.91. The van der Waals surface area contributed by atoms with Crippen LogP contribution in [0.25, 0.3) is 0 Å². The zero-order valence-electron chi connectivity index (χ0n) is 15.3. The van der Waals surface area contributed by atoms with Crippen LogP contribution in [0.1, 0.15) is 31.2 Å². The van der Waals surface area contributed by atoms with Crippen LogP contribution in [-0.2, 0) is 6.54 Å². The monoisotopic (exact) mass is 364 g/mol. The van der Waals surface area contributed by atoms with E-state index in [1.54, 1.807) is 14.2 Å². The van der Waals surface area contributed by atoms with Gasteiger partial charge >= 0.3 is 0 Å². The highest BCUT2D eigenvalue weighted by Crippen LogP contribution is 2.37. The summed E-state index contributed by atoms with van der Waals surface area (Å²) in [6, 6.07) is 4.64. The second-order valence-corrected chi connectivity index (χ2v) is 8.39. The first-order chi connectivity index (χ1) is 12.2. The molecule has 0 aromatic heterocycles. The van der Waals surface area contributed by atoms with E-state index in [-0.39, 0.29) is 0 Å². The van der Waals surface area contributed by atoms with Gasteiger partial charge in [-0.15, -0.1) is 0 Å². The van der Waals surface area contributed by atoms with E-state index >= 15 is 0 Å². The molecule has 4 aliphatic rings. The number of methoxy groups -OCH3 is 2. The Morgan fingerprint density at radius 2 is 1.80 bits per heavy atom. The molecule has 25 heavy (non-hydrogen) atoms. The first-order valence-corrected chi connectivity index (χ1v) is 9.91. The highest BCUT2D eigenvalue weighted by molar-refractivity contribution is 6.32. The average molecular weight is 365 g/mol. The van der Waals surface area contributed by atoms with Crippen LogP contribution in [0.15, 0.2) is 12.1 Å². The van der Waals surface area contributed by atoms with Gasteiger partial charge in [-0.3, -0.25) is 9.80 Å². The summed E-state index contributed by atoms with van der Waals surface area (Å²) in [7, 11) is 3.36. The van der Waals surface area contributed by atoms with Crippen molar-refractivity contribution in [3.63, 3.8) is 0 Å². The predicted molar refractivity (Wildman–Crippen MR) is 101 cm³/mol. The Hall–Kier alpha value is -0.970. The lowest BCUT2D eigenvalue weighted by molar-refractivity contribution is 0.125. The largest absolute Gasteiger partial charge is 0.496 e. The van der Waals surface area contributed by atoms with E-state index in [9.17, 15) is 0 Å². The fourth-order valence-corrected chi connectivity index (χ4v) is 4.81. The minimum atomic E-state index is 0.659. The van der Waals surface area contributed by atoms with Crippen LogP contribution in [0.2, 0.25) is 5.02 Å². The molecule has 0 unspecified atom stereocenters. The summed E-state index contributed by atoms with van der Waals surface area (Å²) in [6.45, 7) is 5.86. The zero-order chi connectivity index (χ0) is 17.4. The molecule has 138 valence electrons. The van der Waals surface area contributed by atoms with E-state index < -0.39 is 0 Å². The van der Waals surface area contributed by atoms with Gasteiger partial charge in [-0.05, 0) is 43.6 Å². The molecule has 5 heteroatoms. The lowest BCUT2D eigenvalue weighted by Gasteiger charge is -2.36. The number of ether oxygens (including phenoxy) is 2. The van der Waals surface area contributed by atoms with Crippen LogP contribution in [0.5, 0.6) is 11.5 Å². The quantitative estimate of drug-likeness (QED) is 0.769. The Balaban J connectivity index is 1.48. The van der Waals surface area contributed by atoms with Crippen LogP contribution >= 0.6 is 11.6 Å². The summed E-state index contributed by atoms with van der Waals surface area (Å²) in [4.78, 5) is 5.39. The second-order valence-electron chi connectivity index (χ2n) is 7.99. The third-order valence-corrected chi connectivity index (χ3v) is 6.34. The van der Waals surface area contributed by atoms with Gasteiger partial charge < -0.3 is 9.47 Å². The molecule has 2 bridgehead atoms. The summed E-state index contributed by atoms with van der Waals surface area (Å²) >= 11 is 6.36. The van der Waals surface area contributed by atoms with Gasteiger partial charge in [0.2, 0.25) is 0 Å². The van der Waals surface area contributed by atoms with E-state index in [1.165, 1.54) is 45.3 Å². The van der Waals surface area contributed by atoms with Gasteiger partial charge in [-0.2, -0.15) is 0 Å². The molecule has 0 N–H and O–H groups in total. The predicted octanol–water partition coefficient (Wildman–Crippen LogP) is 3.66. The van der Waals surface area contributed by atoms with Crippen molar-refractivity contribution in [1.82, 2.24) is 9.80 Å². The molecular formula is C20H29ClN2O2. The summed E-state index contributed by atoms with van der Waals surface area (Å²) in [5, 5.41) is 0.659. The van der Waals surface area contributed by atoms with Crippen LogP contribution < -0.4 is 9.47 Å². The van der Waals surface area contributed by atoms with E-state index in [4.69, 9.17) is 21.1 Å². The van der Waals surface area contributed by atoms with E-state index in [1.807, 2.05) is 12.1 Å². The van der Waals surface area contributed by atoms with Crippen molar-refractivity contribution in [3.05, 3.63) is 22.7 Å². The minimum absolute atomic E-state index is 0.659. The molecule has 5 rings (SSSR count). The topological polar surface area (TPSA) is 24.9 Å². The Bertz CT molecular complexity index is 620. The van der Waals surface area contributed by atoms with Gasteiger partial charge in [0.05, 0.1) is 19.2 Å². The van der Waals surface area contributed by atoms with Crippen molar-refractivity contribution in [2.24, 2.45) is 11.8 Å². The van der Waals surface area contributed by atoms with Crippen molar-refractivity contribution < 1.29 is 9.47 Å². The maximum atomic E-state index is 6.36. The van der Waals surface area contributed by atoms with Crippen LogP contribution in [-0.4, -0.2) is 56.2 Å². The number of benzene rings is 1. The summed E-state index contributed by atoms with van der Waals surface area (Å²) in [6.07, 6.45) is 5.62. The normalized spacial score (nSPS) is 27.3. The SMILES string of the molecule is COc1cc(OC)c(CN2C[C@@H]3CC[C@H](C2)N(CC2CC2)C3)cc1Cl. The first kappa shape index (κ1) is 17.4. The van der Waals surface area contributed by atoms with Crippen molar-refractivity contribution >= 4 is 11.6 Å². The summed E-state index contributed by atoms with van der Waals surface area (Å²) in [5.74, 6) is 3.33. The molecule has 1 aliphatic carbocycles. The van der Waals surface area contributed by atoms with Crippen molar-refractivity contribution in [1.29, 1.82) is 0 Å². The second kappa shape index (κ2) is 7.34.